The lowest BCUT2D eigenvalue weighted by Gasteiger charge is -2.36. The number of methoxy groups -OCH3 is 1. The molecule has 0 spiro atoms. The number of carbonyl (C=O) groups is 1. The van der Waals surface area contributed by atoms with Crippen molar-refractivity contribution in [3.63, 3.8) is 0 Å². The van der Waals surface area contributed by atoms with Gasteiger partial charge < -0.3 is 9.64 Å². The molecule has 1 aliphatic heterocycles. The number of aromatic nitrogens is 2. The Balaban J connectivity index is 1.77. The summed E-state index contributed by atoms with van der Waals surface area (Å²) < 4.78 is 7.26. The molecule has 0 radical (unpaired) electrons. The SMILES string of the molecule is COc1ccc(Cl)cc1C(=O)N1CCCC[C@@H]1CCn1cccn1. The summed E-state index contributed by atoms with van der Waals surface area (Å²) in [5.41, 5.74) is 0.538. The molecule has 0 unspecified atom stereocenters. The number of likely N-dealkylation sites (tertiary alicyclic amines) is 1. The molecule has 1 aromatic heterocycles. The molecule has 3 rings (SSSR count). The van der Waals surface area contributed by atoms with E-state index in [9.17, 15) is 4.79 Å². The minimum Gasteiger partial charge on any atom is -0.496 e. The average molecular weight is 348 g/mol. The van der Waals surface area contributed by atoms with Crippen molar-refractivity contribution in [3.05, 3.63) is 47.2 Å². The van der Waals surface area contributed by atoms with Gasteiger partial charge in [0.15, 0.2) is 0 Å². The highest BCUT2D eigenvalue weighted by Gasteiger charge is 2.29. The summed E-state index contributed by atoms with van der Waals surface area (Å²) in [5.74, 6) is 0.570. The first kappa shape index (κ1) is 16.8. The molecule has 1 atom stereocenters. The fourth-order valence-electron chi connectivity index (χ4n) is 3.28. The van der Waals surface area contributed by atoms with Gasteiger partial charge in [0.2, 0.25) is 0 Å². The quantitative estimate of drug-likeness (QED) is 0.829. The summed E-state index contributed by atoms with van der Waals surface area (Å²) in [6.45, 7) is 1.59. The summed E-state index contributed by atoms with van der Waals surface area (Å²) in [6, 6.07) is 7.32. The lowest BCUT2D eigenvalue weighted by Crippen LogP contribution is -2.44. The molecule has 24 heavy (non-hydrogen) atoms. The van der Waals surface area contributed by atoms with E-state index in [0.29, 0.717) is 16.3 Å². The fraction of sp³-hybridized carbons (Fsp3) is 0.444. The number of rotatable bonds is 5. The van der Waals surface area contributed by atoms with E-state index in [2.05, 4.69) is 5.10 Å². The Morgan fingerprint density at radius 1 is 1.42 bits per heavy atom. The minimum absolute atomic E-state index is 0.000449. The fourth-order valence-corrected chi connectivity index (χ4v) is 3.46. The van der Waals surface area contributed by atoms with Crippen molar-refractivity contribution in [2.45, 2.75) is 38.3 Å². The zero-order chi connectivity index (χ0) is 16.9. The molecule has 128 valence electrons. The number of hydrogen-bond acceptors (Lipinski definition) is 3. The molecule has 0 aliphatic carbocycles. The Bertz CT molecular complexity index is 688. The number of carbonyl (C=O) groups excluding carboxylic acids is 1. The molecule has 0 N–H and O–H groups in total. The van der Waals surface area contributed by atoms with Crippen molar-refractivity contribution in [3.8, 4) is 5.75 Å². The first-order valence-corrected chi connectivity index (χ1v) is 8.69. The van der Waals surface area contributed by atoms with E-state index in [-0.39, 0.29) is 11.9 Å². The van der Waals surface area contributed by atoms with Gasteiger partial charge in [-0.25, -0.2) is 0 Å². The third-order valence-electron chi connectivity index (χ3n) is 4.53. The van der Waals surface area contributed by atoms with E-state index in [1.54, 1.807) is 31.5 Å². The molecular weight excluding hydrogens is 326 g/mol. The minimum atomic E-state index is -0.000449. The summed E-state index contributed by atoms with van der Waals surface area (Å²) >= 11 is 6.08. The number of benzene rings is 1. The maximum atomic E-state index is 13.1. The zero-order valence-electron chi connectivity index (χ0n) is 13.8. The monoisotopic (exact) mass is 347 g/mol. The van der Waals surface area contributed by atoms with Crippen molar-refractivity contribution in [2.24, 2.45) is 0 Å². The van der Waals surface area contributed by atoms with Crippen molar-refractivity contribution in [1.82, 2.24) is 14.7 Å². The van der Waals surface area contributed by atoms with Crippen molar-refractivity contribution >= 4 is 17.5 Å². The highest BCUT2D eigenvalue weighted by molar-refractivity contribution is 6.31. The van der Waals surface area contributed by atoms with Gasteiger partial charge in [-0.2, -0.15) is 5.10 Å². The van der Waals surface area contributed by atoms with Crippen molar-refractivity contribution in [1.29, 1.82) is 0 Å². The zero-order valence-corrected chi connectivity index (χ0v) is 14.6. The Morgan fingerprint density at radius 3 is 3.04 bits per heavy atom. The lowest BCUT2D eigenvalue weighted by molar-refractivity contribution is 0.0590. The van der Waals surface area contributed by atoms with Crippen LogP contribution in [0.2, 0.25) is 5.02 Å². The predicted octanol–water partition coefficient (Wildman–Crippen LogP) is 3.63. The maximum Gasteiger partial charge on any atom is 0.257 e. The number of nitrogens with zero attached hydrogens (tertiary/aromatic N) is 3. The van der Waals surface area contributed by atoms with E-state index in [0.717, 1.165) is 38.8 Å². The number of amides is 1. The summed E-state index contributed by atoms with van der Waals surface area (Å²) in [4.78, 5) is 15.0. The van der Waals surface area contributed by atoms with Crippen LogP contribution in [0.25, 0.3) is 0 Å². The van der Waals surface area contributed by atoms with Gasteiger partial charge in [-0.05, 0) is 49.9 Å². The molecule has 5 nitrogen and oxygen atoms in total. The van der Waals surface area contributed by atoms with Crippen LogP contribution < -0.4 is 4.74 Å². The van der Waals surface area contributed by atoms with Crippen LogP contribution in [-0.4, -0.2) is 40.3 Å². The lowest BCUT2D eigenvalue weighted by atomic mass is 9.98. The molecule has 0 bridgehead atoms. The standard InChI is InChI=1S/C18H22ClN3O2/c1-24-17-7-6-14(19)13-16(17)18(23)22-11-3-2-5-15(22)8-12-21-10-4-9-20-21/h4,6-7,9-10,13,15H,2-3,5,8,11-12H2,1H3/t15-/m1/s1. The molecular formula is C18H22ClN3O2. The Morgan fingerprint density at radius 2 is 2.29 bits per heavy atom. The Labute approximate surface area is 147 Å². The van der Waals surface area contributed by atoms with Crippen LogP contribution in [0.15, 0.2) is 36.7 Å². The second-order valence-electron chi connectivity index (χ2n) is 6.05. The van der Waals surface area contributed by atoms with E-state index < -0.39 is 0 Å². The third kappa shape index (κ3) is 3.73. The highest BCUT2D eigenvalue weighted by atomic mass is 35.5. The second-order valence-corrected chi connectivity index (χ2v) is 6.49. The topological polar surface area (TPSA) is 47.4 Å². The van der Waals surface area contributed by atoms with Crippen LogP contribution >= 0.6 is 11.6 Å². The molecule has 1 saturated heterocycles. The first-order valence-electron chi connectivity index (χ1n) is 8.31. The predicted molar refractivity (Wildman–Crippen MR) is 93.5 cm³/mol. The number of halogens is 1. The molecule has 1 aromatic carbocycles. The van der Waals surface area contributed by atoms with Gasteiger partial charge in [0.05, 0.1) is 12.7 Å². The van der Waals surface area contributed by atoms with Gasteiger partial charge in [-0.1, -0.05) is 11.6 Å². The number of ether oxygens (including phenoxy) is 1. The van der Waals surface area contributed by atoms with Crippen molar-refractivity contribution < 1.29 is 9.53 Å². The molecule has 1 aliphatic rings. The Kier molecular flexibility index (Phi) is 5.41. The summed E-state index contributed by atoms with van der Waals surface area (Å²) in [6.07, 6.45) is 7.84. The average Bonchev–Trinajstić information content (AvgIpc) is 3.13. The van der Waals surface area contributed by atoms with Crippen LogP contribution in [0.1, 0.15) is 36.0 Å². The first-order chi connectivity index (χ1) is 11.7. The van der Waals surface area contributed by atoms with E-state index >= 15 is 0 Å². The van der Waals surface area contributed by atoms with Gasteiger partial charge in [0, 0.05) is 36.5 Å². The van der Waals surface area contributed by atoms with E-state index in [1.807, 2.05) is 21.8 Å². The molecule has 0 saturated carbocycles. The van der Waals surface area contributed by atoms with Crippen LogP contribution in [-0.2, 0) is 6.54 Å². The van der Waals surface area contributed by atoms with Gasteiger partial charge in [-0.3, -0.25) is 9.48 Å². The summed E-state index contributed by atoms with van der Waals surface area (Å²) in [5, 5.41) is 4.79. The smallest absolute Gasteiger partial charge is 0.257 e. The normalized spacial score (nSPS) is 17.8. The molecule has 6 heteroatoms. The van der Waals surface area contributed by atoms with Crippen LogP contribution in [0.5, 0.6) is 5.75 Å². The maximum absolute atomic E-state index is 13.1. The van der Waals surface area contributed by atoms with Gasteiger partial charge in [0.25, 0.3) is 5.91 Å². The van der Waals surface area contributed by atoms with Crippen LogP contribution in [0, 0.1) is 0 Å². The molecule has 1 amide bonds. The van der Waals surface area contributed by atoms with Crippen molar-refractivity contribution in [2.75, 3.05) is 13.7 Å². The van der Waals surface area contributed by atoms with Gasteiger partial charge >= 0.3 is 0 Å². The molecule has 2 heterocycles. The van der Waals surface area contributed by atoms with Gasteiger partial charge in [0.1, 0.15) is 5.75 Å². The molecule has 1 fully saturated rings. The van der Waals surface area contributed by atoms with E-state index in [1.165, 1.54) is 0 Å². The van der Waals surface area contributed by atoms with Gasteiger partial charge in [-0.15, -0.1) is 0 Å². The Hall–Kier alpha value is -2.01. The molecule has 2 aromatic rings. The number of piperidine rings is 1. The number of aryl methyl sites for hydroxylation is 1. The highest BCUT2D eigenvalue weighted by Crippen LogP contribution is 2.28. The third-order valence-corrected chi connectivity index (χ3v) is 4.77. The summed E-state index contributed by atoms with van der Waals surface area (Å²) in [7, 11) is 1.57. The largest absolute Gasteiger partial charge is 0.496 e. The number of hydrogen-bond donors (Lipinski definition) is 0. The van der Waals surface area contributed by atoms with Crippen LogP contribution in [0.3, 0.4) is 0 Å². The van der Waals surface area contributed by atoms with E-state index in [4.69, 9.17) is 16.3 Å². The second kappa shape index (κ2) is 7.71. The van der Waals surface area contributed by atoms with Crippen LogP contribution in [0.4, 0.5) is 0 Å².